The fraction of sp³-hybridized carbons (Fsp3) is 0.350. The van der Waals surface area contributed by atoms with Crippen LogP contribution < -0.4 is 10.1 Å². The largest absolute Gasteiger partial charge is 0.496 e. The van der Waals surface area contributed by atoms with Crippen molar-refractivity contribution in [2.45, 2.75) is 19.7 Å². The van der Waals surface area contributed by atoms with Gasteiger partial charge >= 0.3 is 0 Å². The number of nitrogens with zero attached hydrogens (tertiary/aromatic N) is 2. The van der Waals surface area contributed by atoms with Crippen LogP contribution in [0.2, 0.25) is 0 Å². The van der Waals surface area contributed by atoms with Crippen LogP contribution in [0.15, 0.2) is 53.5 Å². The summed E-state index contributed by atoms with van der Waals surface area (Å²) in [6.45, 7) is 2.07. The molecular formula is C20H27N3O2. The van der Waals surface area contributed by atoms with E-state index in [9.17, 15) is 0 Å². The second-order valence-corrected chi connectivity index (χ2v) is 5.82. The van der Waals surface area contributed by atoms with Crippen LogP contribution >= 0.6 is 0 Å². The minimum absolute atomic E-state index is 0.636. The summed E-state index contributed by atoms with van der Waals surface area (Å²) < 4.78 is 10.6. The Balaban J connectivity index is 1.95. The summed E-state index contributed by atoms with van der Waals surface area (Å²) in [6, 6.07) is 16.4. The molecule has 5 heteroatoms. The van der Waals surface area contributed by atoms with Crippen molar-refractivity contribution in [2.24, 2.45) is 4.99 Å². The summed E-state index contributed by atoms with van der Waals surface area (Å²) in [5, 5.41) is 3.40. The van der Waals surface area contributed by atoms with Crippen molar-refractivity contribution in [3.63, 3.8) is 0 Å². The predicted octanol–water partition coefficient (Wildman–Crippen LogP) is 3.05. The normalized spacial score (nSPS) is 11.3. The van der Waals surface area contributed by atoms with E-state index in [1.807, 2.05) is 25.2 Å². The first-order chi connectivity index (χ1) is 12.2. The van der Waals surface area contributed by atoms with E-state index in [0.717, 1.165) is 30.4 Å². The van der Waals surface area contributed by atoms with Crippen molar-refractivity contribution in [3.8, 4) is 5.75 Å². The molecule has 2 rings (SSSR count). The second-order valence-electron chi connectivity index (χ2n) is 5.82. The molecule has 1 N–H and O–H groups in total. The number of nitrogens with one attached hydrogen (secondary N) is 1. The van der Waals surface area contributed by atoms with Gasteiger partial charge in [-0.2, -0.15) is 0 Å². The summed E-state index contributed by atoms with van der Waals surface area (Å²) >= 11 is 0. The molecule has 0 saturated heterocycles. The van der Waals surface area contributed by atoms with E-state index >= 15 is 0 Å². The third-order valence-corrected chi connectivity index (χ3v) is 3.96. The summed E-state index contributed by atoms with van der Waals surface area (Å²) in [7, 11) is 7.21. The van der Waals surface area contributed by atoms with Gasteiger partial charge in [-0.3, -0.25) is 4.99 Å². The highest BCUT2D eigenvalue weighted by molar-refractivity contribution is 5.79. The summed E-state index contributed by atoms with van der Waals surface area (Å²) in [4.78, 5) is 6.45. The number of ether oxygens (including phenoxy) is 2. The van der Waals surface area contributed by atoms with Crippen molar-refractivity contribution < 1.29 is 9.47 Å². The van der Waals surface area contributed by atoms with Gasteiger partial charge in [-0.15, -0.1) is 0 Å². The van der Waals surface area contributed by atoms with Crippen LogP contribution in [0.1, 0.15) is 16.7 Å². The van der Waals surface area contributed by atoms with Gasteiger partial charge in [-0.1, -0.05) is 42.5 Å². The first-order valence-electron chi connectivity index (χ1n) is 8.28. The van der Waals surface area contributed by atoms with Crippen LogP contribution in [0.4, 0.5) is 0 Å². The number of hydrogen-bond acceptors (Lipinski definition) is 3. The number of guanidine groups is 1. The number of methoxy groups -OCH3 is 2. The highest BCUT2D eigenvalue weighted by Crippen LogP contribution is 2.18. The van der Waals surface area contributed by atoms with Crippen LogP contribution in [0, 0.1) is 0 Å². The van der Waals surface area contributed by atoms with Crippen LogP contribution in [-0.2, 0) is 24.4 Å². The van der Waals surface area contributed by atoms with Crippen molar-refractivity contribution in [2.75, 3.05) is 28.3 Å². The Morgan fingerprint density at radius 2 is 1.72 bits per heavy atom. The molecule has 0 amide bonds. The molecule has 134 valence electrons. The number of para-hydroxylation sites is 1. The molecular weight excluding hydrogens is 314 g/mol. The van der Waals surface area contributed by atoms with Crippen molar-refractivity contribution in [3.05, 3.63) is 65.2 Å². The highest BCUT2D eigenvalue weighted by Gasteiger charge is 2.09. The Kier molecular flexibility index (Phi) is 7.29. The predicted molar refractivity (Wildman–Crippen MR) is 102 cm³/mol. The number of aliphatic imine (C=N–C) groups is 1. The maximum Gasteiger partial charge on any atom is 0.193 e. The lowest BCUT2D eigenvalue weighted by atomic mass is 10.1. The molecule has 0 aliphatic carbocycles. The minimum atomic E-state index is 0.636. The van der Waals surface area contributed by atoms with E-state index in [1.165, 1.54) is 11.1 Å². The standard InChI is InChI=1S/C20H27N3O2/c1-21-20(22-13-16-9-11-17(12-10-16)15-24-3)23(2)14-18-7-5-6-8-19(18)25-4/h5-12H,13-15H2,1-4H3,(H,21,22). The SMILES string of the molecule is CN=C(NCc1ccc(COC)cc1)N(C)Cc1ccccc1OC. The van der Waals surface area contributed by atoms with Gasteiger partial charge in [0.25, 0.3) is 0 Å². The zero-order valence-electron chi connectivity index (χ0n) is 15.5. The molecule has 2 aromatic rings. The fourth-order valence-electron chi connectivity index (χ4n) is 2.65. The van der Waals surface area contributed by atoms with E-state index < -0.39 is 0 Å². The van der Waals surface area contributed by atoms with Gasteiger partial charge in [0, 0.05) is 39.9 Å². The maximum atomic E-state index is 5.42. The summed E-state index contributed by atoms with van der Waals surface area (Å²) in [5.41, 5.74) is 3.50. The fourth-order valence-corrected chi connectivity index (χ4v) is 2.65. The topological polar surface area (TPSA) is 46.1 Å². The monoisotopic (exact) mass is 341 g/mol. The first-order valence-corrected chi connectivity index (χ1v) is 8.28. The second kappa shape index (κ2) is 9.69. The molecule has 0 atom stereocenters. The molecule has 0 aromatic heterocycles. The van der Waals surface area contributed by atoms with Gasteiger partial charge in [-0.05, 0) is 17.2 Å². The number of rotatable bonds is 7. The third-order valence-electron chi connectivity index (χ3n) is 3.96. The average molecular weight is 341 g/mol. The Bertz CT molecular complexity index is 684. The molecule has 0 radical (unpaired) electrons. The number of hydrogen-bond donors (Lipinski definition) is 1. The Morgan fingerprint density at radius 3 is 2.36 bits per heavy atom. The summed E-state index contributed by atoms with van der Waals surface area (Å²) in [5.74, 6) is 1.73. The molecule has 0 unspecified atom stereocenters. The lowest BCUT2D eigenvalue weighted by Gasteiger charge is -2.23. The summed E-state index contributed by atoms with van der Waals surface area (Å²) in [6.07, 6.45) is 0. The van der Waals surface area contributed by atoms with E-state index in [1.54, 1.807) is 21.3 Å². The van der Waals surface area contributed by atoms with Gasteiger partial charge in [-0.25, -0.2) is 0 Å². The van der Waals surface area contributed by atoms with E-state index in [-0.39, 0.29) is 0 Å². The third kappa shape index (κ3) is 5.50. The van der Waals surface area contributed by atoms with E-state index in [4.69, 9.17) is 9.47 Å². The van der Waals surface area contributed by atoms with Crippen molar-refractivity contribution >= 4 is 5.96 Å². The molecule has 0 aliphatic heterocycles. The van der Waals surface area contributed by atoms with Crippen molar-refractivity contribution in [1.82, 2.24) is 10.2 Å². The molecule has 0 aliphatic rings. The average Bonchev–Trinajstić information content (AvgIpc) is 2.64. The molecule has 0 bridgehead atoms. The Hall–Kier alpha value is -2.53. The molecule has 0 saturated carbocycles. The maximum absolute atomic E-state index is 5.42. The quantitative estimate of drug-likeness (QED) is 0.621. The lowest BCUT2D eigenvalue weighted by molar-refractivity contribution is 0.185. The minimum Gasteiger partial charge on any atom is -0.496 e. The molecule has 0 heterocycles. The zero-order valence-corrected chi connectivity index (χ0v) is 15.5. The van der Waals surface area contributed by atoms with Gasteiger partial charge in [0.15, 0.2) is 5.96 Å². The van der Waals surface area contributed by atoms with Crippen LogP contribution in [0.25, 0.3) is 0 Å². The van der Waals surface area contributed by atoms with Gasteiger partial charge < -0.3 is 19.7 Å². The highest BCUT2D eigenvalue weighted by atomic mass is 16.5. The van der Waals surface area contributed by atoms with Crippen LogP contribution in [0.5, 0.6) is 5.75 Å². The Morgan fingerprint density at radius 1 is 1.04 bits per heavy atom. The van der Waals surface area contributed by atoms with Crippen LogP contribution in [-0.4, -0.2) is 39.2 Å². The molecule has 0 spiro atoms. The first kappa shape index (κ1) is 18.8. The molecule has 5 nitrogen and oxygen atoms in total. The van der Waals surface area contributed by atoms with E-state index in [0.29, 0.717) is 6.61 Å². The van der Waals surface area contributed by atoms with Gasteiger partial charge in [0.05, 0.1) is 13.7 Å². The van der Waals surface area contributed by atoms with Crippen molar-refractivity contribution in [1.29, 1.82) is 0 Å². The zero-order chi connectivity index (χ0) is 18.1. The smallest absolute Gasteiger partial charge is 0.193 e. The van der Waals surface area contributed by atoms with E-state index in [2.05, 4.69) is 45.5 Å². The molecule has 2 aromatic carbocycles. The van der Waals surface area contributed by atoms with Gasteiger partial charge in [0.1, 0.15) is 5.75 Å². The van der Waals surface area contributed by atoms with Crippen LogP contribution in [0.3, 0.4) is 0 Å². The molecule has 0 fully saturated rings. The Labute approximate surface area is 150 Å². The number of benzene rings is 2. The molecule has 25 heavy (non-hydrogen) atoms. The van der Waals surface area contributed by atoms with Gasteiger partial charge in [0.2, 0.25) is 0 Å². The lowest BCUT2D eigenvalue weighted by Crippen LogP contribution is -2.38.